The van der Waals surface area contributed by atoms with E-state index >= 15 is 0 Å². The monoisotopic (exact) mass is 178 g/mol. The van der Waals surface area contributed by atoms with E-state index in [9.17, 15) is 0 Å². The Kier molecular flexibility index (Phi) is 13.2. The first kappa shape index (κ1) is 13.6. The maximum absolute atomic E-state index is 8.35. The Labute approximate surface area is 76.3 Å². The van der Waals surface area contributed by atoms with Crippen LogP contribution in [0.4, 0.5) is 0 Å². The second kappa shape index (κ2) is 12.6. The lowest BCUT2D eigenvalue weighted by Crippen LogP contribution is -1.74. The Morgan fingerprint density at radius 2 is 1.69 bits per heavy atom. The summed E-state index contributed by atoms with van der Waals surface area (Å²) in [5.41, 5.74) is 1.20. The molecule has 0 atom stereocenters. The zero-order valence-electron chi connectivity index (χ0n) is 7.04. The highest BCUT2D eigenvalue weighted by molar-refractivity contribution is 5.27. The van der Waals surface area contributed by atoms with Crippen molar-refractivity contribution in [1.29, 1.82) is 10.8 Å². The minimum atomic E-state index is 0.750. The van der Waals surface area contributed by atoms with Crippen LogP contribution in [0.5, 0.6) is 0 Å². The fourth-order valence-electron chi connectivity index (χ4n) is 0.558. The summed E-state index contributed by atoms with van der Waals surface area (Å²) in [7, 11) is 0. The van der Waals surface area contributed by atoms with Crippen LogP contribution in [0, 0.1) is 10.8 Å². The van der Waals surface area contributed by atoms with Crippen LogP contribution in [0.15, 0.2) is 36.5 Å². The first-order chi connectivity index (χ1) is 6.22. The minimum absolute atomic E-state index is 0.750. The van der Waals surface area contributed by atoms with Crippen LogP contribution < -0.4 is 0 Å². The zero-order chi connectivity index (χ0) is 10.5. The Morgan fingerprint density at radius 3 is 1.85 bits per heavy atom. The molecule has 0 aromatic heterocycles. The van der Waals surface area contributed by atoms with Crippen LogP contribution in [0.3, 0.4) is 0 Å². The molecule has 0 saturated carbocycles. The zero-order valence-corrected chi connectivity index (χ0v) is 7.04. The van der Waals surface area contributed by atoms with Crippen LogP contribution in [-0.2, 0) is 9.59 Å². The lowest BCUT2D eigenvalue weighted by Gasteiger charge is -1.94. The van der Waals surface area contributed by atoms with Crippen molar-refractivity contribution in [2.24, 2.45) is 0 Å². The van der Waals surface area contributed by atoms with E-state index in [0.29, 0.717) is 0 Å². The largest absolute Gasteiger partial charge is 0.231 e. The fraction of sp³-hybridized carbons (Fsp3) is 0.111. The van der Waals surface area contributed by atoms with Crippen molar-refractivity contribution in [1.82, 2.24) is 0 Å². The highest BCUT2D eigenvalue weighted by Gasteiger charge is 1.84. The molecule has 0 unspecified atom stereocenters. The van der Waals surface area contributed by atoms with Gasteiger partial charge in [-0.2, -0.15) is 0 Å². The third-order valence-electron chi connectivity index (χ3n) is 0.959. The van der Waals surface area contributed by atoms with Gasteiger partial charge in [-0.05, 0) is 6.42 Å². The van der Waals surface area contributed by atoms with Crippen molar-refractivity contribution in [2.45, 2.75) is 6.42 Å². The molecule has 2 N–H and O–H groups in total. The highest BCUT2D eigenvalue weighted by Crippen LogP contribution is 2.05. The third kappa shape index (κ3) is 17.8. The number of nitrogens with one attached hydrogen (secondary N) is 2. The molecule has 0 spiro atoms. The number of hydrogen-bond donors (Lipinski definition) is 2. The molecule has 0 bridgehead atoms. The number of rotatable bonds is 0. The van der Waals surface area contributed by atoms with Gasteiger partial charge in [0.2, 0.25) is 12.2 Å². The molecule has 1 aliphatic rings. The van der Waals surface area contributed by atoms with Crippen molar-refractivity contribution < 1.29 is 9.59 Å². The van der Waals surface area contributed by atoms with Gasteiger partial charge in [-0.25, -0.2) is 20.4 Å². The van der Waals surface area contributed by atoms with Gasteiger partial charge < -0.3 is 0 Å². The van der Waals surface area contributed by atoms with Gasteiger partial charge >= 0.3 is 0 Å². The van der Waals surface area contributed by atoms with E-state index in [1.54, 1.807) is 0 Å². The van der Waals surface area contributed by atoms with Crippen molar-refractivity contribution in [3.63, 3.8) is 0 Å². The van der Waals surface area contributed by atoms with E-state index in [4.69, 9.17) is 20.4 Å². The van der Waals surface area contributed by atoms with Crippen molar-refractivity contribution in [2.75, 3.05) is 0 Å². The van der Waals surface area contributed by atoms with E-state index in [-0.39, 0.29) is 0 Å². The molecule has 0 heterocycles. The quantitative estimate of drug-likeness (QED) is 0.438. The Hall–Kier alpha value is -2.02. The fourth-order valence-corrected chi connectivity index (χ4v) is 0.558. The van der Waals surface area contributed by atoms with E-state index in [1.165, 1.54) is 5.57 Å². The minimum Gasteiger partial charge on any atom is -0.222 e. The average molecular weight is 178 g/mol. The molecule has 4 heteroatoms. The van der Waals surface area contributed by atoms with Crippen LogP contribution in [0.2, 0.25) is 0 Å². The maximum atomic E-state index is 8.35. The second-order valence-corrected chi connectivity index (χ2v) is 1.85. The van der Waals surface area contributed by atoms with Gasteiger partial charge in [0.1, 0.15) is 0 Å². The van der Waals surface area contributed by atoms with Crippen LogP contribution >= 0.6 is 0 Å². The molecule has 1 rings (SSSR count). The topological polar surface area (TPSA) is 81.8 Å². The van der Waals surface area contributed by atoms with Crippen molar-refractivity contribution >= 4 is 12.2 Å². The Morgan fingerprint density at radius 1 is 1.23 bits per heavy atom. The summed E-state index contributed by atoms with van der Waals surface area (Å²) < 4.78 is 0. The molecule has 1 aliphatic carbocycles. The van der Waals surface area contributed by atoms with E-state index < -0.39 is 0 Å². The maximum Gasteiger partial charge on any atom is 0.231 e. The number of carbonyl (C=O) groups excluding carboxylic acids is 2. The molecular weight excluding hydrogens is 168 g/mol. The lowest BCUT2D eigenvalue weighted by molar-refractivity contribution is 0.562. The van der Waals surface area contributed by atoms with Crippen molar-refractivity contribution in [3.05, 3.63) is 36.5 Å². The van der Waals surface area contributed by atoms with E-state index in [2.05, 4.69) is 12.7 Å². The number of allylic oxidation sites excluding steroid dienone is 5. The van der Waals surface area contributed by atoms with Crippen LogP contribution in [0.25, 0.3) is 0 Å². The molecule has 13 heavy (non-hydrogen) atoms. The summed E-state index contributed by atoms with van der Waals surface area (Å²) in [5, 5.41) is 10.8. The van der Waals surface area contributed by atoms with Gasteiger partial charge in [0, 0.05) is 0 Å². The van der Waals surface area contributed by atoms with Gasteiger partial charge in [0.05, 0.1) is 0 Å². The molecule has 0 radical (unpaired) electrons. The van der Waals surface area contributed by atoms with Gasteiger partial charge in [-0.3, -0.25) is 0 Å². The molecule has 0 aromatic carbocycles. The molecule has 0 amide bonds. The predicted octanol–water partition coefficient (Wildman–Crippen LogP) is 1.86. The van der Waals surface area contributed by atoms with Crippen LogP contribution in [-0.4, -0.2) is 12.2 Å². The van der Waals surface area contributed by atoms with Gasteiger partial charge in [-0.15, -0.1) is 0 Å². The standard InChI is InChI=1S/C7H8.2CHNO/c1-7-5-3-2-4-6-7;2*2-1-3/h2-5H,1,6H2;2*2H. The first-order valence-electron chi connectivity index (χ1n) is 3.31. The molecule has 4 nitrogen and oxygen atoms in total. The van der Waals surface area contributed by atoms with Crippen LogP contribution in [0.1, 0.15) is 6.42 Å². The second-order valence-electron chi connectivity index (χ2n) is 1.85. The molecule has 0 aromatic rings. The van der Waals surface area contributed by atoms with Gasteiger partial charge in [-0.1, -0.05) is 36.5 Å². The molecule has 68 valence electrons. The highest BCUT2D eigenvalue weighted by atomic mass is 16.1. The predicted molar refractivity (Wildman–Crippen MR) is 48.9 cm³/mol. The van der Waals surface area contributed by atoms with Gasteiger partial charge in [0.15, 0.2) is 0 Å². The number of hydrogen-bond acceptors (Lipinski definition) is 4. The summed E-state index contributed by atoms with van der Waals surface area (Å²) >= 11 is 0. The first-order valence-corrected chi connectivity index (χ1v) is 3.31. The van der Waals surface area contributed by atoms with Gasteiger partial charge in [0.25, 0.3) is 0 Å². The smallest absolute Gasteiger partial charge is 0.222 e. The molecule has 0 fully saturated rings. The van der Waals surface area contributed by atoms with E-state index in [1.807, 2.05) is 18.2 Å². The summed E-state index contributed by atoms with van der Waals surface area (Å²) in [6, 6.07) is 0. The van der Waals surface area contributed by atoms with E-state index in [0.717, 1.165) is 18.6 Å². The molecule has 0 aliphatic heterocycles. The SMILES string of the molecule is C=C1C=CC=CC1.N=C=O.N=C=O. The molecular formula is C9H10N2O2. The Balaban J connectivity index is 0. The lowest BCUT2D eigenvalue weighted by atomic mass is 10.1. The third-order valence-corrected chi connectivity index (χ3v) is 0.959. The summed E-state index contributed by atoms with van der Waals surface area (Å²) in [6.07, 6.45) is 10.7. The van der Waals surface area contributed by atoms with Crippen molar-refractivity contribution in [3.8, 4) is 0 Å². The number of isocyanates is 2. The molecule has 0 saturated heterocycles. The summed E-state index contributed by atoms with van der Waals surface area (Å²) in [6.45, 7) is 3.78. The Bertz CT molecular complexity index is 253. The summed E-state index contributed by atoms with van der Waals surface area (Å²) in [4.78, 5) is 16.7. The summed E-state index contributed by atoms with van der Waals surface area (Å²) in [5.74, 6) is 0. The normalized spacial score (nSPS) is 10.9. The average Bonchev–Trinajstić information content (AvgIpc) is 2.08.